The van der Waals surface area contributed by atoms with Gasteiger partial charge < -0.3 is 5.32 Å². The number of benzene rings is 2. The van der Waals surface area contributed by atoms with Crippen LogP contribution in [0.5, 0.6) is 0 Å². The Labute approximate surface area is 131 Å². The Morgan fingerprint density at radius 3 is 2.55 bits per heavy atom. The average Bonchev–Trinajstić information content (AvgIpc) is 2.82. The zero-order valence-corrected chi connectivity index (χ0v) is 12.9. The van der Waals surface area contributed by atoms with E-state index in [0.717, 1.165) is 41.6 Å². The van der Waals surface area contributed by atoms with Crippen LogP contribution in [0.1, 0.15) is 47.3 Å². The molecule has 2 aromatic carbocycles. The first-order chi connectivity index (χ1) is 10.8. The van der Waals surface area contributed by atoms with Gasteiger partial charge >= 0.3 is 0 Å². The van der Waals surface area contributed by atoms with Crippen LogP contribution in [-0.4, -0.2) is 12.3 Å². The van der Waals surface area contributed by atoms with Crippen LogP contribution in [0.3, 0.4) is 0 Å². The highest BCUT2D eigenvalue weighted by Crippen LogP contribution is 2.36. The van der Waals surface area contributed by atoms with Crippen LogP contribution in [0.15, 0.2) is 60.2 Å². The highest BCUT2D eigenvalue weighted by atomic mass is 16.1. The summed E-state index contributed by atoms with van der Waals surface area (Å²) in [6, 6.07) is 18.0. The molecule has 1 unspecified atom stereocenters. The van der Waals surface area contributed by atoms with Gasteiger partial charge in [-0.1, -0.05) is 67.9 Å². The molecule has 3 rings (SSSR count). The van der Waals surface area contributed by atoms with Crippen LogP contribution in [-0.2, 0) is 0 Å². The maximum Gasteiger partial charge on any atom is 0.191 e. The quantitative estimate of drug-likeness (QED) is 0.653. The summed E-state index contributed by atoms with van der Waals surface area (Å²) in [6.07, 6.45) is 4.28. The Morgan fingerprint density at radius 1 is 1.05 bits per heavy atom. The van der Waals surface area contributed by atoms with E-state index in [-0.39, 0.29) is 11.8 Å². The summed E-state index contributed by atoms with van der Waals surface area (Å²) < 4.78 is 0. The second-order valence-corrected chi connectivity index (χ2v) is 5.67. The number of carbonyl (C=O) groups is 1. The predicted octanol–water partition coefficient (Wildman–Crippen LogP) is 4.40. The molecule has 0 radical (unpaired) electrons. The second kappa shape index (κ2) is 6.71. The van der Waals surface area contributed by atoms with Crippen molar-refractivity contribution in [2.45, 2.75) is 25.8 Å². The van der Waals surface area contributed by atoms with E-state index in [1.165, 1.54) is 0 Å². The molecule has 0 fully saturated rings. The molecule has 0 amide bonds. The van der Waals surface area contributed by atoms with Gasteiger partial charge in [0, 0.05) is 11.1 Å². The fraction of sp³-hybridized carbons (Fsp3) is 0.250. The summed E-state index contributed by atoms with van der Waals surface area (Å²) in [5, 5.41) is 3.55. The smallest absolute Gasteiger partial charge is 0.191 e. The molecule has 1 N–H and O–H groups in total. The van der Waals surface area contributed by atoms with Gasteiger partial charge in [-0.15, -0.1) is 0 Å². The molecule has 0 spiro atoms. The molecular weight excluding hydrogens is 270 g/mol. The third-order valence-corrected chi connectivity index (χ3v) is 4.09. The van der Waals surface area contributed by atoms with Crippen LogP contribution >= 0.6 is 0 Å². The number of nitrogens with one attached hydrogen (secondary N) is 1. The fourth-order valence-electron chi connectivity index (χ4n) is 2.93. The minimum Gasteiger partial charge on any atom is -0.306 e. The molecule has 0 aromatic heterocycles. The maximum absolute atomic E-state index is 12.7. The average molecular weight is 291 g/mol. The van der Waals surface area contributed by atoms with Crippen LogP contribution in [0.25, 0.3) is 6.08 Å². The fourth-order valence-corrected chi connectivity index (χ4v) is 2.93. The lowest BCUT2D eigenvalue weighted by molar-refractivity contribution is 0.103. The molecule has 1 aliphatic rings. The van der Waals surface area contributed by atoms with E-state index in [2.05, 4.69) is 18.3 Å². The monoisotopic (exact) mass is 291 g/mol. The molecule has 0 saturated carbocycles. The predicted molar refractivity (Wildman–Crippen MR) is 90.8 cm³/mol. The molecule has 1 aliphatic carbocycles. The lowest BCUT2D eigenvalue weighted by Gasteiger charge is -2.15. The number of rotatable bonds is 5. The van der Waals surface area contributed by atoms with Crippen molar-refractivity contribution < 1.29 is 4.79 Å². The third kappa shape index (κ3) is 2.88. The van der Waals surface area contributed by atoms with Crippen molar-refractivity contribution in [2.24, 2.45) is 0 Å². The first kappa shape index (κ1) is 14.7. The van der Waals surface area contributed by atoms with E-state index in [1.807, 2.05) is 54.6 Å². The summed E-state index contributed by atoms with van der Waals surface area (Å²) in [7, 11) is 0. The molecule has 22 heavy (non-hydrogen) atoms. The normalized spacial score (nSPS) is 18.7. The number of hydrogen-bond donors (Lipinski definition) is 1. The van der Waals surface area contributed by atoms with Crippen LogP contribution in [0, 0.1) is 0 Å². The van der Waals surface area contributed by atoms with Crippen molar-refractivity contribution in [1.82, 2.24) is 5.32 Å². The van der Waals surface area contributed by atoms with Crippen molar-refractivity contribution >= 4 is 11.9 Å². The number of ketones is 1. The first-order valence-electron chi connectivity index (χ1n) is 7.95. The molecule has 0 aliphatic heterocycles. The standard InChI is InChI=1S/C20H21NO/c1-2-3-13-21-19-16-11-7-8-12-17(16)20(22)18(19)14-15-9-5-4-6-10-15/h4-12,14,19,21H,2-3,13H2,1H3. The summed E-state index contributed by atoms with van der Waals surface area (Å²) in [5.74, 6) is 0.147. The Balaban J connectivity index is 1.97. The first-order valence-corrected chi connectivity index (χ1v) is 7.95. The van der Waals surface area contributed by atoms with Gasteiger partial charge in [-0.2, -0.15) is 0 Å². The Morgan fingerprint density at radius 2 is 1.77 bits per heavy atom. The summed E-state index contributed by atoms with van der Waals surface area (Å²) in [6.45, 7) is 3.10. The number of hydrogen-bond acceptors (Lipinski definition) is 2. The summed E-state index contributed by atoms with van der Waals surface area (Å²) in [4.78, 5) is 12.7. The van der Waals surface area contributed by atoms with Crippen LogP contribution < -0.4 is 5.32 Å². The molecule has 112 valence electrons. The highest BCUT2D eigenvalue weighted by Gasteiger charge is 2.33. The topological polar surface area (TPSA) is 29.1 Å². The minimum absolute atomic E-state index is 0.00968. The van der Waals surface area contributed by atoms with E-state index in [1.54, 1.807) is 0 Å². The van der Waals surface area contributed by atoms with E-state index in [0.29, 0.717) is 0 Å². The second-order valence-electron chi connectivity index (χ2n) is 5.67. The van der Waals surface area contributed by atoms with Gasteiger partial charge in [0.1, 0.15) is 0 Å². The maximum atomic E-state index is 12.7. The van der Waals surface area contributed by atoms with Gasteiger partial charge in [-0.3, -0.25) is 4.79 Å². The Kier molecular flexibility index (Phi) is 4.50. The van der Waals surface area contributed by atoms with Crippen LogP contribution in [0.2, 0.25) is 0 Å². The summed E-state index contributed by atoms with van der Waals surface area (Å²) >= 11 is 0. The van der Waals surface area contributed by atoms with Gasteiger partial charge in [-0.05, 0) is 30.2 Å². The molecule has 2 aromatic rings. The van der Waals surface area contributed by atoms with Crippen molar-refractivity contribution in [3.63, 3.8) is 0 Å². The number of fused-ring (bicyclic) bond motifs is 1. The van der Waals surface area contributed by atoms with Crippen LogP contribution in [0.4, 0.5) is 0 Å². The molecule has 1 atom stereocenters. The van der Waals surface area contributed by atoms with Crippen molar-refractivity contribution in [3.8, 4) is 0 Å². The van der Waals surface area contributed by atoms with Crippen molar-refractivity contribution in [3.05, 3.63) is 76.9 Å². The molecule has 2 nitrogen and oxygen atoms in total. The van der Waals surface area contributed by atoms with E-state index < -0.39 is 0 Å². The number of carbonyl (C=O) groups excluding carboxylic acids is 1. The lowest BCUT2D eigenvalue weighted by atomic mass is 10.0. The number of Topliss-reactive ketones (excluding diaryl/α,β-unsaturated/α-hetero) is 1. The van der Waals surface area contributed by atoms with E-state index in [4.69, 9.17) is 0 Å². The van der Waals surface area contributed by atoms with Crippen molar-refractivity contribution in [2.75, 3.05) is 6.54 Å². The highest BCUT2D eigenvalue weighted by molar-refractivity contribution is 6.16. The molecule has 2 heteroatoms. The van der Waals surface area contributed by atoms with E-state index >= 15 is 0 Å². The summed E-state index contributed by atoms with van der Waals surface area (Å²) in [5.41, 5.74) is 3.86. The van der Waals surface area contributed by atoms with Gasteiger partial charge in [0.15, 0.2) is 5.78 Å². The zero-order chi connectivity index (χ0) is 15.4. The minimum atomic E-state index is 0.00968. The third-order valence-electron chi connectivity index (χ3n) is 4.09. The molecule has 0 heterocycles. The van der Waals surface area contributed by atoms with Gasteiger partial charge in [-0.25, -0.2) is 0 Å². The molecule has 0 bridgehead atoms. The zero-order valence-electron chi connectivity index (χ0n) is 12.9. The van der Waals surface area contributed by atoms with Gasteiger partial charge in [0.05, 0.1) is 6.04 Å². The molecular formula is C20H21NO. The lowest BCUT2D eigenvalue weighted by Crippen LogP contribution is -2.22. The van der Waals surface area contributed by atoms with E-state index in [9.17, 15) is 4.79 Å². The Hall–Kier alpha value is -2.19. The largest absolute Gasteiger partial charge is 0.306 e. The number of unbranched alkanes of at least 4 members (excludes halogenated alkanes) is 1. The van der Waals surface area contributed by atoms with Gasteiger partial charge in [0.2, 0.25) is 0 Å². The Bertz CT molecular complexity index is 688. The SMILES string of the molecule is CCCCNC1C(=Cc2ccccc2)C(=O)c2ccccc21. The van der Waals surface area contributed by atoms with Crippen molar-refractivity contribution in [1.29, 1.82) is 0 Å². The molecule has 0 saturated heterocycles. The van der Waals surface area contributed by atoms with Gasteiger partial charge in [0.25, 0.3) is 0 Å².